The van der Waals surface area contributed by atoms with Gasteiger partial charge in [0.1, 0.15) is 0 Å². The highest BCUT2D eigenvalue weighted by molar-refractivity contribution is 6.30. The second-order valence-corrected chi connectivity index (χ2v) is 4.71. The molecule has 1 aromatic heterocycles. The number of nitrogens with one attached hydrogen (secondary N) is 1. The average molecular weight is 278 g/mol. The Morgan fingerprint density at radius 1 is 1.37 bits per heavy atom. The van der Waals surface area contributed by atoms with Gasteiger partial charge in [0, 0.05) is 36.1 Å². The predicted octanol–water partition coefficient (Wildman–Crippen LogP) is 2.75. The molecule has 0 spiro atoms. The molecule has 2 aromatic rings. The standard InChI is InChI=1S/C14H16ClN3O/c15-13-5-3-4-12(10-13)14(19)17-6-1-2-8-18-9-7-16-11-18/h3-5,7,9-11H,1-2,6,8H2,(H,17,19). The van der Waals surface area contributed by atoms with Crippen LogP contribution in [0, 0.1) is 0 Å². The Kier molecular flexibility index (Phi) is 4.98. The smallest absolute Gasteiger partial charge is 0.251 e. The van der Waals surface area contributed by atoms with Crippen molar-refractivity contribution in [1.29, 1.82) is 0 Å². The highest BCUT2D eigenvalue weighted by Gasteiger charge is 2.04. The summed E-state index contributed by atoms with van der Waals surface area (Å²) in [5.41, 5.74) is 0.599. The minimum absolute atomic E-state index is 0.0786. The summed E-state index contributed by atoms with van der Waals surface area (Å²) < 4.78 is 2.03. The number of imidazole rings is 1. The lowest BCUT2D eigenvalue weighted by Gasteiger charge is -2.06. The van der Waals surface area contributed by atoms with Crippen LogP contribution in [-0.2, 0) is 6.54 Å². The van der Waals surface area contributed by atoms with Gasteiger partial charge >= 0.3 is 0 Å². The predicted molar refractivity (Wildman–Crippen MR) is 75.2 cm³/mol. The first-order valence-electron chi connectivity index (χ1n) is 6.25. The van der Waals surface area contributed by atoms with E-state index >= 15 is 0 Å². The van der Waals surface area contributed by atoms with Crippen molar-refractivity contribution in [3.8, 4) is 0 Å². The molecule has 1 N–H and O–H groups in total. The molecule has 4 nitrogen and oxygen atoms in total. The molecule has 2 rings (SSSR count). The molecule has 0 aliphatic rings. The van der Waals surface area contributed by atoms with E-state index < -0.39 is 0 Å². The van der Waals surface area contributed by atoms with Crippen molar-refractivity contribution in [2.45, 2.75) is 19.4 Å². The fourth-order valence-corrected chi connectivity index (χ4v) is 1.96. The molecule has 0 saturated carbocycles. The lowest BCUT2D eigenvalue weighted by atomic mass is 10.2. The third kappa shape index (κ3) is 4.41. The number of halogens is 1. The molecule has 0 atom stereocenters. The van der Waals surface area contributed by atoms with Crippen molar-refractivity contribution in [3.63, 3.8) is 0 Å². The van der Waals surface area contributed by atoms with Gasteiger partial charge in [0.15, 0.2) is 0 Å². The molecule has 0 saturated heterocycles. The van der Waals surface area contributed by atoms with E-state index in [9.17, 15) is 4.79 Å². The molecule has 1 heterocycles. The molecule has 5 heteroatoms. The minimum Gasteiger partial charge on any atom is -0.352 e. The molecular weight excluding hydrogens is 262 g/mol. The minimum atomic E-state index is -0.0786. The average Bonchev–Trinajstić information content (AvgIpc) is 2.91. The van der Waals surface area contributed by atoms with Crippen LogP contribution in [0.4, 0.5) is 0 Å². The molecule has 1 amide bonds. The van der Waals surface area contributed by atoms with Gasteiger partial charge in [0.2, 0.25) is 0 Å². The van der Waals surface area contributed by atoms with Crippen LogP contribution >= 0.6 is 11.6 Å². The molecule has 0 radical (unpaired) electrons. The number of aromatic nitrogens is 2. The maximum absolute atomic E-state index is 11.8. The first kappa shape index (κ1) is 13.6. The number of nitrogens with zero attached hydrogens (tertiary/aromatic N) is 2. The maximum atomic E-state index is 11.8. The summed E-state index contributed by atoms with van der Waals surface area (Å²) in [7, 11) is 0. The molecule has 0 unspecified atom stereocenters. The third-order valence-corrected chi connectivity index (χ3v) is 3.01. The van der Waals surface area contributed by atoms with E-state index in [1.54, 1.807) is 36.8 Å². The normalized spacial score (nSPS) is 10.4. The highest BCUT2D eigenvalue weighted by Crippen LogP contribution is 2.10. The maximum Gasteiger partial charge on any atom is 0.251 e. The molecule has 0 fully saturated rings. The van der Waals surface area contributed by atoms with Gasteiger partial charge in [-0.25, -0.2) is 4.98 Å². The number of benzene rings is 1. The van der Waals surface area contributed by atoms with Crippen LogP contribution in [0.5, 0.6) is 0 Å². The Hall–Kier alpha value is -1.81. The number of rotatable bonds is 6. The number of aryl methyl sites for hydroxylation is 1. The van der Waals surface area contributed by atoms with Gasteiger partial charge in [-0.1, -0.05) is 17.7 Å². The van der Waals surface area contributed by atoms with Crippen LogP contribution in [-0.4, -0.2) is 22.0 Å². The van der Waals surface area contributed by atoms with E-state index in [0.717, 1.165) is 19.4 Å². The van der Waals surface area contributed by atoms with E-state index in [1.807, 2.05) is 10.8 Å². The lowest BCUT2D eigenvalue weighted by Crippen LogP contribution is -2.24. The van der Waals surface area contributed by atoms with Gasteiger partial charge in [-0.2, -0.15) is 0 Å². The zero-order valence-electron chi connectivity index (χ0n) is 10.6. The van der Waals surface area contributed by atoms with Crippen molar-refractivity contribution in [2.75, 3.05) is 6.54 Å². The van der Waals surface area contributed by atoms with Gasteiger partial charge in [-0.05, 0) is 31.0 Å². The van der Waals surface area contributed by atoms with Crippen molar-refractivity contribution < 1.29 is 4.79 Å². The van der Waals surface area contributed by atoms with Crippen molar-refractivity contribution in [2.24, 2.45) is 0 Å². The quantitative estimate of drug-likeness (QED) is 0.826. The lowest BCUT2D eigenvalue weighted by molar-refractivity contribution is 0.0953. The fourth-order valence-electron chi connectivity index (χ4n) is 1.77. The molecule has 0 aliphatic heterocycles. The molecule has 1 aromatic carbocycles. The first-order chi connectivity index (χ1) is 9.25. The zero-order valence-corrected chi connectivity index (χ0v) is 11.3. The fraction of sp³-hybridized carbons (Fsp3) is 0.286. The largest absolute Gasteiger partial charge is 0.352 e. The first-order valence-corrected chi connectivity index (χ1v) is 6.63. The van der Waals surface area contributed by atoms with Crippen molar-refractivity contribution >= 4 is 17.5 Å². The summed E-state index contributed by atoms with van der Waals surface area (Å²) >= 11 is 5.84. The highest BCUT2D eigenvalue weighted by atomic mass is 35.5. The summed E-state index contributed by atoms with van der Waals surface area (Å²) in [5, 5.41) is 3.46. The van der Waals surface area contributed by atoms with Crippen molar-refractivity contribution in [3.05, 3.63) is 53.6 Å². The van der Waals surface area contributed by atoms with Crippen LogP contribution in [0.25, 0.3) is 0 Å². The summed E-state index contributed by atoms with van der Waals surface area (Å²) in [5.74, 6) is -0.0786. The van der Waals surface area contributed by atoms with E-state index in [1.165, 1.54) is 0 Å². The molecule has 0 aliphatic carbocycles. The molecule has 100 valence electrons. The van der Waals surface area contributed by atoms with E-state index in [4.69, 9.17) is 11.6 Å². The monoisotopic (exact) mass is 277 g/mol. The van der Waals surface area contributed by atoms with E-state index in [0.29, 0.717) is 17.1 Å². The van der Waals surface area contributed by atoms with Gasteiger partial charge < -0.3 is 9.88 Å². The van der Waals surface area contributed by atoms with Crippen LogP contribution in [0.3, 0.4) is 0 Å². The van der Waals surface area contributed by atoms with Gasteiger partial charge in [-0.3, -0.25) is 4.79 Å². The second kappa shape index (κ2) is 6.95. The van der Waals surface area contributed by atoms with E-state index in [-0.39, 0.29) is 5.91 Å². The number of hydrogen-bond donors (Lipinski definition) is 1. The van der Waals surface area contributed by atoms with E-state index in [2.05, 4.69) is 10.3 Å². The van der Waals surface area contributed by atoms with Crippen molar-refractivity contribution in [1.82, 2.24) is 14.9 Å². The number of amides is 1. The van der Waals surface area contributed by atoms with Gasteiger partial charge in [0.25, 0.3) is 5.91 Å². The Morgan fingerprint density at radius 2 is 2.26 bits per heavy atom. The third-order valence-electron chi connectivity index (χ3n) is 2.77. The topological polar surface area (TPSA) is 46.9 Å². The summed E-state index contributed by atoms with van der Waals surface area (Å²) in [4.78, 5) is 15.8. The van der Waals surface area contributed by atoms with Crippen LogP contribution in [0.1, 0.15) is 23.2 Å². The Labute approximate surface area is 117 Å². The van der Waals surface area contributed by atoms with Gasteiger partial charge in [0.05, 0.1) is 6.33 Å². The molecule has 0 bridgehead atoms. The SMILES string of the molecule is O=C(NCCCCn1ccnc1)c1cccc(Cl)c1. The van der Waals surface area contributed by atoms with Gasteiger partial charge in [-0.15, -0.1) is 0 Å². The Balaban J connectivity index is 1.67. The summed E-state index contributed by atoms with van der Waals surface area (Å²) in [6, 6.07) is 6.95. The number of unbranched alkanes of at least 4 members (excludes halogenated alkanes) is 1. The Morgan fingerprint density at radius 3 is 3.00 bits per heavy atom. The zero-order chi connectivity index (χ0) is 13.5. The second-order valence-electron chi connectivity index (χ2n) is 4.27. The van der Waals surface area contributed by atoms with Crippen LogP contribution in [0.2, 0.25) is 5.02 Å². The molecular formula is C14H16ClN3O. The number of carbonyl (C=O) groups excluding carboxylic acids is 1. The number of carbonyl (C=O) groups is 1. The number of hydrogen-bond acceptors (Lipinski definition) is 2. The summed E-state index contributed by atoms with van der Waals surface area (Å²) in [6.07, 6.45) is 7.44. The van der Waals surface area contributed by atoms with Crippen LogP contribution < -0.4 is 5.32 Å². The Bertz CT molecular complexity index is 525. The molecule has 19 heavy (non-hydrogen) atoms. The summed E-state index contributed by atoms with van der Waals surface area (Å²) in [6.45, 7) is 1.59. The van der Waals surface area contributed by atoms with Crippen LogP contribution in [0.15, 0.2) is 43.0 Å².